The van der Waals surface area contributed by atoms with Crippen LogP contribution in [0.1, 0.15) is 5.69 Å². The van der Waals surface area contributed by atoms with Gasteiger partial charge in [-0.1, -0.05) is 11.6 Å². The molecule has 2 rings (SSSR count). The highest BCUT2D eigenvalue weighted by Crippen LogP contribution is 2.25. The number of aromatic nitrogens is 2. The molecule has 3 nitrogen and oxygen atoms in total. The minimum atomic E-state index is -0.454. The van der Waals surface area contributed by atoms with Crippen molar-refractivity contribution in [2.75, 3.05) is 0 Å². The highest BCUT2D eigenvalue weighted by Gasteiger charge is 2.15. The van der Waals surface area contributed by atoms with Gasteiger partial charge in [0.15, 0.2) is 0 Å². The predicted octanol–water partition coefficient (Wildman–Crippen LogP) is 2.48. The fraction of sp³-hybridized carbons (Fsp3) is 0.182. The molecule has 2 aromatic rings. The Morgan fingerprint density at radius 2 is 2.12 bits per heavy atom. The highest BCUT2D eigenvalue weighted by molar-refractivity contribution is 6.30. The second kappa shape index (κ2) is 3.79. The molecule has 1 heterocycles. The summed E-state index contributed by atoms with van der Waals surface area (Å²) in [6.45, 7) is 1.72. The Bertz CT molecular complexity index is 601. The molecule has 0 atom stereocenters. The van der Waals surface area contributed by atoms with E-state index in [9.17, 15) is 9.18 Å². The standard InChI is InChI=1S/C11H10ClFN2O/c1-6-10(11(16)15(2)14-6)8-5-7(12)3-4-9(8)13/h3-5,14H,1-2H3. The van der Waals surface area contributed by atoms with Crippen LogP contribution in [-0.2, 0) is 7.05 Å². The lowest BCUT2D eigenvalue weighted by molar-refractivity contribution is 0.631. The molecule has 1 aromatic carbocycles. The maximum atomic E-state index is 13.6. The van der Waals surface area contributed by atoms with Gasteiger partial charge in [0, 0.05) is 23.3 Å². The fourth-order valence-corrected chi connectivity index (χ4v) is 1.86. The number of hydrogen-bond donors (Lipinski definition) is 1. The first-order valence-electron chi connectivity index (χ1n) is 4.71. The Morgan fingerprint density at radius 3 is 2.69 bits per heavy atom. The van der Waals surface area contributed by atoms with Crippen LogP contribution in [0.25, 0.3) is 11.1 Å². The third-order valence-corrected chi connectivity index (χ3v) is 2.66. The van der Waals surface area contributed by atoms with Crippen LogP contribution in [-0.4, -0.2) is 9.78 Å². The van der Waals surface area contributed by atoms with Gasteiger partial charge in [-0.15, -0.1) is 0 Å². The minimum absolute atomic E-state index is 0.229. The fourth-order valence-electron chi connectivity index (χ4n) is 1.69. The number of H-pyrrole nitrogens is 1. The van der Waals surface area contributed by atoms with Gasteiger partial charge in [-0.05, 0) is 25.1 Å². The molecule has 1 aromatic heterocycles. The van der Waals surface area contributed by atoms with Gasteiger partial charge in [0.05, 0.1) is 5.56 Å². The maximum absolute atomic E-state index is 13.6. The number of aromatic amines is 1. The van der Waals surface area contributed by atoms with Gasteiger partial charge in [0.25, 0.3) is 5.56 Å². The summed E-state index contributed by atoms with van der Waals surface area (Å²) in [6, 6.07) is 4.16. The zero-order chi connectivity index (χ0) is 11.9. The lowest BCUT2D eigenvalue weighted by atomic mass is 10.1. The summed E-state index contributed by atoms with van der Waals surface area (Å²) >= 11 is 5.79. The van der Waals surface area contributed by atoms with Crippen molar-refractivity contribution in [3.05, 3.63) is 45.1 Å². The van der Waals surface area contributed by atoms with Gasteiger partial charge in [0.2, 0.25) is 0 Å². The van der Waals surface area contributed by atoms with Gasteiger partial charge in [-0.25, -0.2) is 4.39 Å². The summed E-state index contributed by atoms with van der Waals surface area (Å²) in [6.07, 6.45) is 0. The number of aryl methyl sites for hydroxylation is 2. The Hall–Kier alpha value is -1.55. The maximum Gasteiger partial charge on any atom is 0.274 e. The summed E-state index contributed by atoms with van der Waals surface area (Å²) in [7, 11) is 1.58. The Balaban J connectivity index is 2.77. The molecule has 0 bridgehead atoms. The number of benzene rings is 1. The van der Waals surface area contributed by atoms with Gasteiger partial charge >= 0.3 is 0 Å². The number of nitrogens with zero attached hydrogens (tertiary/aromatic N) is 1. The molecule has 0 saturated heterocycles. The van der Waals surface area contributed by atoms with E-state index in [1.807, 2.05) is 0 Å². The first-order valence-corrected chi connectivity index (χ1v) is 5.09. The summed E-state index contributed by atoms with van der Waals surface area (Å²) in [5, 5.41) is 3.22. The van der Waals surface area contributed by atoms with E-state index in [4.69, 9.17) is 11.6 Å². The van der Waals surface area contributed by atoms with E-state index in [1.165, 1.54) is 22.9 Å². The average molecular weight is 241 g/mol. The lowest BCUT2D eigenvalue weighted by Gasteiger charge is -2.01. The van der Waals surface area contributed by atoms with Crippen molar-refractivity contribution < 1.29 is 4.39 Å². The number of rotatable bonds is 1. The Labute approximate surface area is 96.5 Å². The Morgan fingerprint density at radius 1 is 1.44 bits per heavy atom. The van der Waals surface area contributed by atoms with Crippen molar-refractivity contribution in [1.82, 2.24) is 9.78 Å². The van der Waals surface area contributed by atoms with Crippen LogP contribution in [0.5, 0.6) is 0 Å². The molecule has 0 aliphatic carbocycles. The molecule has 0 amide bonds. The second-order valence-corrected chi connectivity index (χ2v) is 4.04. The van der Waals surface area contributed by atoms with E-state index in [1.54, 1.807) is 14.0 Å². The monoisotopic (exact) mass is 240 g/mol. The van der Waals surface area contributed by atoms with Crippen LogP contribution >= 0.6 is 11.6 Å². The van der Waals surface area contributed by atoms with Crippen molar-refractivity contribution in [1.29, 1.82) is 0 Å². The second-order valence-electron chi connectivity index (χ2n) is 3.60. The zero-order valence-corrected chi connectivity index (χ0v) is 9.60. The van der Waals surface area contributed by atoms with E-state index >= 15 is 0 Å². The molecule has 16 heavy (non-hydrogen) atoms. The summed E-state index contributed by atoms with van der Waals surface area (Å²) in [4.78, 5) is 11.8. The van der Waals surface area contributed by atoms with E-state index in [-0.39, 0.29) is 11.1 Å². The SMILES string of the molecule is Cc1[nH]n(C)c(=O)c1-c1cc(Cl)ccc1F. The third-order valence-electron chi connectivity index (χ3n) is 2.43. The quantitative estimate of drug-likeness (QED) is 0.817. The van der Waals surface area contributed by atoms with E-state index in [0.29, 0.717) is 16.3 Å². The highest BCUT2D eigenvalue weighted by atomic mass is 35.5. The summed E-state index contributed by atoms with van der Waals surface area (Å²) < 4.78 is 14.9. The van der Waals surface area contributed by atoms with Crippen molar-refractivity contribution in [2.45, 2.75) is 6.92 Å². The zero-order valence-electron chi connectivity index (χ0n) is 8.84. The molecule has 0 aliphatic rings. The van der Waals surface area contributed by atoms with Crippen LogP contribution in [0.2, 0.25) is 5.02 Å². The van der Waals surface area contributed by atoms with Crippen LogP contribution < -0.4 is 5.56 Å². The predicted molar refractivity (Wildman–Crippen MR) is 61.2 cm³/mol. The molecular formula is C11H10ClFN2O. The molecular weight excluding hydrogens is 231 g/mol. The van der Waals surface area contributed by atoms with Crippen LogP contribution in [0.4, 0.5) is 4.39 Å². The van der Waals surface area contributed by atoms with Gasteiger partial charge in [0.1, 0.15) is 5.82 Å². The Kier molecular flexibility index (Phi) is 2.59. The van der Waals surface area contributed by atoms with E-state index < -0.39 is 5.82 Å². The molecule has 0 aliphatic heterocycles. The van der Waals surface area contributed by atoms with Crippen LogP contribution in [0.15, 0.2) is 23.0 Å². The molecule has 84 valence electrons. The molecule has 0 unspecified atom stereocenters. The first-order chi connectivity index (χ1) is 7.50. The van der Waals surface area contributed by atoms with Crippen molar-refractivity contribution in [2.24, 2.45) is 7.05 Å². The topological polar surface area (TPSA) is 37.8 Å². The van der Waals surface area contributed by atoms with Gasteiger partial charge in [-0.2, -0.15) is 0 Å². The minimum Gasteiger partial charge on any atom is -0.300 e. The first kappa shape index (κ1) is 11.0. The average Bonchev–Trinajstić information content (AvgIpc) is 2.46. The van der Waals surface area contributed by atoms with Crippen molar-refractivity contribution in [3.8, 4) is 11.1 Å². The van der Waals surface area contributed by atoms with Gasteiger partial charge < -0.3 is 0 Å². The van der Waals surface area contributed by atoms with Crippen LogP contribution in [0, 0.1) is 12.7 Å². The number of hydrogen-bond acceptors (Lipinski definition) is 1. The molecule has 0 saturated carbocycles. The molecule has 5 heteroatoms. The lowest BCUT2D eigenvalue weighted by Crippen LogP contribution is -2.13. The third kappa shape index (κ3) is 1.65. The molecule has 1 N–H and O–H groups in total. The summed E-state index contributed by atoms with van der Waals surface area (Å²) in [5.74, 6) is -0.454. The largest absolute Gasteiger partial charge is 0.300 e. The normalized spacial score (nSPS) is 10.8. The molecule has 0 radical (unpaired) electrons. The smallest absolute Gasteiger partial charge is 0.274 e. The number of nitrogens with one attached hydrogen (secondary N) is 1. The van der Waals surface area contributed by atoms with Crippen molar-refractivity contribution in [3.63, 3.8) is 0 Å². The van der Waals surface area contributed by atoms with Crippen LogP contribution in [0.3, 0.4) is 0 Å². The van der Waals surface area contributed by atoms with Gasteiger partial charge in [-0.3, -0.25) is 14.6 Å². The molecule has 0 fully saturated rings. The molecule has 0 spiro atoms. The van der Waals surface area contributed by atoms with Crippen molar-refractivity contribution >= 4 is 11.6 Å². The number of halogens is 2. The van der Waals surface area contributed by atoms with E-state index in [2.05, 4.69) is 5.10 Å². The van der Waals surface area contributed by atoms with E-state index in [0.717, 1.165) is 0 Å². The summed E-state index contributed by atoms with van der Waals surface area (Å²) in [5.41, 5.74) is 0.904.